The highest BCUT2D eigenvalue weighted by molar-refractivity contribution is 8.27. The van der Waals surface area contributed by atoms with Crippen molar-refractivity contribution in [2.45, 2.75) is 20.3 Å². The molecule has 1 aliphatic rings. The largest absolute Gasteiger partial charge is 0.493 e. The minimum Gasteiger partial charge on any atom is -0.493 e. The fourth-order valence-corrected chi connectivity index (χ4v) is 4.87. The first-order valence-electron chi connectivity index (χ1n) is 10.8. The van der Waals surface area contributed by atoms with Crippen molar-refractivity contribution in [1.29, 1.82) is 0 Å². The zero-order valence-electron chi connectivity index (χ0n) is 18.6. The Morgan fingerprint density at radius 3 is 2.30 bits per heavy atom. The molecule has 33 heavy (non-hydrogen) atoms. The standard InChI is InChI=1S/C27H25NO3S2/c1-19-14-20(2)16-24(15-19)31-13-7-12-30-23-11-6-8-21(17-23)18-25-26(29)28(27(32)33-25)22-9-4-3-5-10-22/h3-6,8-11,14-18H,7,12-13H2,1-2H3/b25-18-. The molecule has 6 heteroatoms. The van der Waals surface area contributed by atoms with Crippen LogP contribution in [0.25, 0.3) is 6.08 Å². The lowest BCUT2D eigenvalue weighted by molar-refractivity contribution is -0.113. The molecule has 0 saturated carbocycles. The van der Waals surface area contributed by atoms with Crippen LogP contribution in [-0.4, -0.2) is 23.4 Å². The number of rotatable bonds is 8. The summed E-state index contributed by atoms with van der Waals surface area (Å²) in [4.78, 5) is 15.1. The Morgan fingerprint density at radius 2 is 1.58 bits per heavy atom. The van der Waals surface area contributed by atoms with E-state index in [0.717, 1.165) is 29.2 Å². The molecule has 4 rings (SSSR count). The van der Waals surface area contributed by atoms with Gasteiger partial charge in [0.2, 0.25) is 0 Å². The maximum Gasteiger partial charge on any atom is 0.270 e. The summed E-state index contributed by atoms with van der Waals surface area (Å²) < 4.78 is 12.3. The summed E-state index contributed by atoms with van der Waals surface area (Å²) in [5, 5.41) is 0. The van der Waals surface area contributed by atoms with E-state index >= 15 is 0 Å². The highest BCUT2D eigenvalue weighted by Gasteiger charge is 2.33. The normalized spacial score (nSPS) is 14.7. The molecule has 4 nitrogen and oxygen atoms in total. The van der Waals surface area contributed by atoms with Crippen LogP contribution in [0.2, 0.25) is 0 Å². The molecule has 3 aromatic rings. The summed E-state index contributed by atoms with van der Waals surface area (Å²) >= 11 is 6.75. The van der Waals surface area contributed by atoms with Crippen LogP contribution in [0.5, 0.6) is 11.5 Å². The Bertz CT molecular complexity index is 1170. The third-order valence-electron chi connectivity index (χ3n) is 4.99. The zero-order chi connectivity index (χ0) is 23.2. The van der Waals surface area contributed by atoms with E-state index in [1.807, 2.05) is 72.8 Å². The molecule has 1 aliphatic heterocycles. The summed E-state index contributed by atoms with van der Waals surface area (Å²) in [5.41, 5.74) is 4.06. The van der Waals surface area contributed by atoms with Gasteiger partial charge in [-0.3, -0.25) is 9.69 Å². The highest BCUT2D eigenvalue weighted by Crippen LogP contribution is 2.36. The first-order chi connectivity index (χ1) is 16.0. The molecule has 0 N–H and O–H groups in total. The van der Waals surface area contributed by atoms with Crippen LogP contribution in [0, 0.1) is 13.8 Å². The van der Waals surface area contributed by atoms with Gasteiger partial charge in [0.15, 0.2) is 4.32 Å². The molecule has 0 atom stereocenters. The third kappa shape index (κ3) is 6.03. The molecule has 1 saturated heterocycles. The summed E-state index contributed by atoms with van der Waals surface area (Å²) in [6, 6.07) is 23.4. The fourth-order valence-electron chi connectivity index (χ4n) is 3.57. The minimum absolute atomic E-state index is 0.106. The van der Waals surface area contributed by atoms with E-state index in [1.165, 1.54) is 22.9 Å². The van der Waals surface area contributed by atoms with Crippen LogP contribution >= 0.6 is 24.0 Å². The Morgan fingerprint density at radius 1 is 0.879 bits per heavy atom. The van der Waals surface area contributed by atoms with Gasteiger partial charge in [-0.25, -0.2) is 0 Å². The number of ether oxygens (including phenoxy) is 2. The van der Waals surface area contributed by atoms with Gasteiger partial charge >= 0.3 is 0 Å². The van der Waals surface area contributed by atoms with Gasteiger partial charge in [0.1, 0.15) is 11.5 Å². The quantitative estimate of drug-likeness (QED) is 0.210. The Hall–Kier alpha value is -3.09. The maximum atomic E-state index is 12.9. The number of nitrogens with zero attached hydrogens (tertiary/aromatic N) is 1. The van der Waals surface area contributed by atoms with Gasteiger partial charge in [0.25, 0.3) is 5.91 Å². The number of thiocarbonyl (C=S) groups is 1. The van der Waals surface area contributed by atoms with E-state index in [1.54, 1.807) is 4.90 Å². The molecule has 0 radical (unpaired) electrons. The smallest absolute Gasteiger partial charge is 0.270 e. The first-order valence-corrected chi connectivity index (χ1v) is 12.0. The van der Waals surface area contributed by atoms with Gasteiger partial charge in [0, 0.05) is 6.42 Å². The zero-order valence-corrected chi connectivity index (χ0v) is 20.2. The highest BCUT2D eigenvalue weighted by atomic mass is 32.2. The van der Waals surface area contributed by atoms with Crippen molar-refractivity contribution in [2.24, 2.45) is 0 Å². The molecule has 3 aromatic carbocycles. The number of hydrogen-bond acceptors (Lipinski definition) is 5. The predicted molar refractivity (Wildman–Crippen MR) is 140 cm³/mol. The van der Waals surface area contributed by atoms with Crippen molar-refractivity contribution < 1.29 is 14.3 Å². The maximum absolute atomic E-state index is 12.9. The molecule has 0 spiro atoms. The number of aryl methyl sites for hydroxylation is 2. The molecular formula is C27H25NO3S2. The molecule has 0 bridgehead atoms. The lowest BCUT2D eigenvalue weighted by Gasteiger charge is -2.13. The van der Waals surface area contributed by atoms with Gasteiger partial charge in [-0.15, -0.1) is 0 Å². The number of carbonyl (C=O) groups is 1. The summed E-state index contributed by atoms with van der Waals surface area (Å²) in [6.45, 7) is 5.26. The second-order valence-corrected chi connectivity index (χ2v) is 9.47. The average Bonchev–Trinajstić information content (AvgIpc) is 3.06. The van der Waals surface area contributed by atoms with Crippen LogP contribution in [-0.2, 0) is 4.79 Å². The molecule has 0 aromatic heterocycles. The lowest BCUT2D eigenvalue weighted by atomic mass is 10.1. The van der Waals surface area contributed by atoms with Gasteiger partial charge in [-0.2, -0.15) is 0 Å². The van der Waals surface area contributed by atoms with E-state index < -0.39 is 0 Å². The third-order valence-corrected chi connectivity index (χ3v) is 6.29. The van der Waals surface area contributed by atoms with Crippen LogP contribution in [0.3, 0.4) is 0 Å². The lowest BCUT2D eigenvalue weighted by Crippen LogP contribution is -2.27. The van der Waals surface area contributed by atoms with Crippen molar-refractivity contribution >= 4 is 46.0 Å². The predicted octanol–water partition coefficient (Wildman–Crippen LogP) is 6.56. The van der Waals surface area contributed by atoms with Crippen molar-refractivity contribution in [3.05, 3.63) is 94.4 Å². The van der Waals surface area contributed by atoms with Crippen molar-refractivity contribution in [3.8, 4) is 11.5 Å². The molecular weight excluding hydrogens is 450 g/mol. The minimum atomic E-state index is -0.106. The number of benzene rings is 3. The number of hydrogen-bond donors (Lipinski definition) is 0. The number of amides is 1. The molecule has 1 fully saturated rings. The average molecular weight is 476 g/mol. The van der Waals surface area contributed by atoms with Gasteiger partial charge in [-0.1, -0.05) is 60.4 Å². The molecule has 0 aliphatic carbocycles. The second kappa shape index (κ2) is 10.7. The molecule has 1 amide bonds. The van der Waals surface area contributed by atoms with Crippen molar-refractivity contribution in [3.63, 3.8) is 0 Å². The second-order valence-electron chi connectivity index (χ2n) is 7.80. The summed E-state index contributed by atoms with van der Waals surface area (Å²) in [5.74, 6) is 1.54. The van der Waals surface area contributed by atoms with E-state index in [4.69, 9.17) is 21.7 Å². The van der Waals surface area contributed by atoms with Crippen molar-refractivity contribution in [2.75, 3.05) is 18.1 Å². The number of anilines is 1. The number of thioether (sulfide) groups is 1. The van der Waals surface area contributed by atoms with E-state index in [0.29, 0.717) is 22.4 Å². The molecule has 1 heterocycles. The van der Waals surface area contributed by atoms with Gasteiger partial charge in [0.05, 0.1) is 23.8 Å². The van der Waals surface area contributed by atoms with Crippen LogP contribution < -0.4 is 14.4 Å². The van der Waals surface area contributed by atoms with E-state index in [9.17, 15) is 4.79 Å². The monoisotopic (exact) mass is 475 g/mol. The molecule has 0 unspecified atom stereocenters. The Labute approximate surface area is 204 Å². The topological polar surface area (TPSA) is 38.8 Å². The summed E-state index contributed by atoms with van der Waals surface area (Å²) in [7, 11) is 0. The number of carbonyl (C=O) groups excluding carboxylic acids is 1. The van der Waals surface area contributed by atoms with Gasteiger partial charge < -0.3 is 9.47 Å². The summed E-state index contributed by atoms with van der Waals surface area (Å²) in [6.07, 6.45) is 2.63. The first kappa shape index (κ1) is 23.1. The Balaban J connectivity index is 1.33. The van der Waals surface area contributed by atoms with Crippen molar-refractivity contribution in [1.82, 2.24) is 0 Å². The molecule has 168 valence electrons. The van der Waals surface area contributed by atoms with Gasteiger partial charge in [-0.05, 0) is 73.0 Å². The van der Waals surface area contributed by atoms with Crippen LogP contribution in [0.4, 0.5) is 5.69 Å². The van der Waals surface area contributed by atoms with Crippen LogP contribution in [0.1, 0.15) is 23.1 Å². The van der Waals surface area contributed by atoms with E-state index in [2.05, 4.69) is 19.9 Å². The number of para-hydroxylation sites is 1. The SMILES string of the molecule is Cc1cc(C)cc(OCCCOc2cccc(/C=C3\SC(=S)N(c4ccccc4)C3=O)c2)c1. The Kier molecular flexibility index (Phi) is 7.47. The fraction of sp³-hybridized carbons (Fsp3) is 0.185. The van der Waals surface area contributed by atoms with Crippen LogP contribution in [0.15, 0.2) is 77.7 Å². The van der Waals surface area contributed by atoms with E-state index in [-0.39, 0.29) is 5.91 Å².